The zero-order valence-corrected chi connectivity index (χ0v) is 13.6. The van der Waals surface area contributed by atoms with Gasteiger partial charge in [-0.2, -0.15) is 5.26 Å². The quantitative estimate of drug-likeness (QED) is 0.853. The molecular weight excluding hydrogens is 282 g/mol. The fourth-order valence-corrected chi connectivity index (χ4v) is 5.39. The molecule has 0 saturated heterocycles. The zero-order chi connectivity index (χ0) is 15.5. The van der Waals surface area contributed by atoms with Gasteiger partial charge in [-0.1, -0.05) is 43.2 Å². The van der Waals surface area contributed by atoms with Gasteiger partial charge in [0.05, 0.1) is 23.0 Å². The van der Waals surface area contributed by atoms with E-state index in [4.69, 9.17) is 0 Å². The summed E-state index contributed by atoms with van der Waals surface area (Å²) in [6.45, 7) is 4.06. The first kappa shape index (κ1) is 16.0. The molecule has 1 aliphatic carbocycles. The summed E-state index contributed by atoms with van der Waals surface area (Å²) >= 11 is 0. The highest BCUT2D eigenvalue weighted by atomic mass is 32.2. The molecule has 4 heteroatoms. The molecule has 3 nitrogen and oxygen atoms in total. The number of benzene rings is 1. The summed E-state index contributed by atoms with van der Waals surface area (Å²) in [4.78, 5) is 0. The van der Waals surface area contributed by atoms with E-state index in [2.05, 4.69) is 13.0 Å². The number of hydrogen-bond acceptors (Lipinski definition) is 3. The van der Waals surface area contributed by atoms with E-state index in [1.54, 1.807) is 0 Å². The lowest BCUT2D eigenvalue weighted by molar-refractivity contribution is 0.308. The van der Waals surface area contributed by atoms with Crippen molar-refractivity contribution in [2.75, 3.05) is 0 Å². The molecular formula is C17H23NO2S. The maximum absolute atomic E-state index is 12.7. The van der Waals surface area contributed by atoms with Crippen molar-refractivity contribution in [1.29, 1.82) is 5.26 Å². The van der Waals surface area contributed by atoms with Crippen LogP contribution in [0.3, 0.4) is 0 Å². The lowest BCUT2D eigenvalue weighted by Gasteiger charge is -2.32. The third-order valence-electron chi connectivity index (χ3n) is 4.56. The molecule has 1 aliphatic rings. The van der Waals surface area contributed by atoms with Gasteiger partial charge in [-0.15, -0.1) is 0 Å². The smallest absolute Gasteiger partial charge is 0.158 e. The predicted molar refractivity (Wildman–Crippen MR) is 84.3 cm³/mol. The highest BCUT2D eigenvalue weighted by Crippen LogP contribution is 2.35. The van der Waals surface area contributed by atoms with E-state index in [1.165, 1.54) is 0 Å². The summed E-state index contributed by atoms with van der Waals surface area (Å²) < 4.78 is 25.5. The molecule has 1 aromatic carbocycles. The Hall–Kier alpha value is -1.34. The first-order chi connectivity index (χ1) is 9.96. The minimum absolute atomic E-state index is 0.0496. The molecule has 0 bridgehead atoms. The standard InChI is InChI=1S/C17H23NO2S/c1-3-14-7-8-16(11-18)17(10-14)21(19,20)12-15-6-4-5-13(2)9-15/h4-6,9,14,16-17H,3,7-8,10,12H2,1-2H3. The SMILES string of the molecule is CCC1CCC(C#N)C(S(=O)(=O)Cc2cccc(C)c2)C1. The van der Waals surface area contributed by atoms with Gasteiger partial charge in [0.25, 0.3) is 0 Å². The van der Waals surface area contributed by atoms with Gasteiger partial charge in [-0.05, 0) is 37.7 Å². The second-order valence-electron chi connectivity index (χ2n) is 6.16. The van der Waals surface area contributed by atoms with Crippen LogP contribution in [-0.2, 0) is 15.6 Å². The Labute approximate surface area is 127 Å². The van der Waals surface area contributed by atoms with Gasteiger partial charge in [0.15, 0.2) is 9.84 Å². The van der Waals surface area contributed by atoms with E-state index in [-0.39, 0.29) is 11.7 Å². The minimum Gasteiger partial charge on any atom is -0.228 e. The summed E-state index contributed by atoms with van der Waals surface area (Å²) in [5.41, 5.74) is 1.89. The molecule has 114 valence electrons. The Morgan fingerprint density at radius 3 is 2.71 bits per heavy atom. The van der Waals surface area contributed by atoms with Gasteiger partial charge in [0.1, 0.15) is 0 Å². The summed E-state index contributed by atoms with van der Waals surface area (Å²) in [6, 6.07) is 9.84. The average molecular weight is 305 g/mol. The van der Waals surface area contributed by atoms with Crippen molar-refractivity contribution in [2.45, 2.75) is 50.5 Å². The van der Waals surface area contributed by atoms with Gasteiger partial charge in [-0.3, -0.25) is 0 Å². The lowest BCUT2D eigenvalue weighted by atomic mass is 9.81. The highest BCUT2D eigenvalue weighted by molar-refractivity contribution is 7.91. The number of hydrogen-bond donors (Lipinski definition) is 0. The van der Waals surface area contributed by atoms with Crippen LogP contribution in [-0.4, -0.2) is 13.7 Å². The molecule has 21 heavy (non-hydrogen) atoms. The monoisotopic (exact) mass is 305 g/mol. The summed E-state index contributed by atoms with van der Waals surface area (Å²) in [5, 5.41) is 8.78. The summed E-state index contributed by atoms with van der Waals surface area (Å²) in [7, 11) is -3.28. The highest BCUT2D eigenvalue weighted by Gasteiger charge is 2.38. The third-order valence-corrected chi connectivity index (χ3v) is 6.73. The molecule has 0 heterocycles. The van der Waals surface area contributed by atoms with Gasteiger partial charge < -0.3 is 0 Å². The number of nitriles is 1. The van der Waals surface area contributed by atoms with Crippen molar-refractivity contribution in [3.05, 3.63) is 35.4 Å². The van der Waals surface area contributed by atoms with E-state index in [1.807, 2.05) is 31.2 Å². The molecule has 0 aliphatic heterocycles. The first-order valence-electron chi connectivity index (χ1n) is 7.63. The molecule has 0 radical (unpaired) electrons. The Kier molecular flexibility index (Phi) is 5.05. The van der Waals surface area contributed by atoms with E-state index in [9.17, 15) is 13.7 Å². The summed E-state index contributed by atoms with van der Waals surface area (Å²) in [5.74, 6) is 0.142. The number of sulfone groups is 1. The van der Waals surface area contributed by atoms with Crippen LogP contribution in [0.1, 0.15) is 43.7 Å². The fraction of sp³-hybridized carbons (Fsp3) is 0.588. The second kappa shape index (κ2) is 6.62. The van der Waals surface area contributed by atoms with E-state index in [0.29, 0.717) is 18.8 Å². The molecule has 2 rings (SSSR count). The minimum atomic E-state index is -3.28. The Balaban J connectivity index is 2.22. The van der Waals surface area contributed by atoms with Crippen LogP contribution in [0.4, 0.5) is 0 Å². The Morgan fingerprint density at radius 1 is 1.33 bits per heavy atom. The Bertz CT molecular complexity index is 630. The van der Waals surface area contributed by atoms with Gasteiger partial charge in [0, 0.05) is 0 Å². The topological polar surface area (TPSA) is 57.9 Å². The van der Waals surface area contributed by atoms with Gasteiger partial charge >= 0.3 is 0 Å². The van der Waals surface area contributed by atoms with Crippen molar-refractivity contribution < 1.29 is 8.42 Å². The van der Waals surface area contributed by atoms with Crippen LogP contribution in [0.15, 0.2) is 24.3 Å². The zero-order valence-electron chi connectivity index (χ0n) is 12.7. The van der Waals surface area contributed by atoms with E-state index >= 15 is 0 Å². The number of aryl methyl sites for hydroxylation is 1. The number of nitrogens with zero attached hydrogens (tertiary/aromatic N) is 1. The number of rotatable bonds is 4. The maximum atomic E-state index is 12.7. The van der Waals surface area contributed by atoms with Gasteiger partial charge in [0.2, 0.25) is 0 Å². The van der Waals surface area contributed by atoms with Crippen LogP contribution in [0, 0.1) is 30.1 Å². The summed E-state index contributed by atoms with van der Waals surface area (Å²) in [6.07, 6.45) is 3.33. The molecule has 0 aromatic heterocycles. The molecule has 1 aromatic rings. The largest absolute Gasteiger partial charge is 0.228 e. The lowest BCUT2D eigenvalue weighted by Crippen LogP contribution is -2.36. The predicted octanol–water partition coefficient (Wildman–Crippen LogP) is 3.63. The van der Waals surface area contributed by atoms with Crippen LogP contribution in [0.2, 0.25) is 0 Å². The van der Waals surface area contributed by atoms with E-state index in [0.717, 1.165) is 24.0 Å². The molecule has 0 spiro atoms. The van der Waals surface area contributed by atoms with Crippen LogP contribution >= 0.6 is 0 Å². The van der Waals surface area contributed by atoms with Crippen molar-refractivity contribution in [3.8, 4) is 6.07 Å². The molecule has 3 atom stereocenters. The van der Waals surface area contributed by atoms with Crippen LogP contribution < -0.4 is 0 Å². The Morgan fingerprint density at radius 2 is 2.10 bits per heavy atom. The second-order valence-corrected chi connectivity index (χ2v) is 8.38. The van der Waals surface area contributed by atoms with Crippen LogP contribution in [0.25, 0.3) is 0 Å². The third kappa shape index (κ3) is 3.85. The molecule has 3 unspecified atom stereocenters. The van der Waals surface area contributed by atoms with Crippen molar-refractivity contribution >= 4 is 9.84 Å². The fourth-order valence-electron chi connectivity index (χ4n) is 3.27. The van der Waals surface area contributed by atoms with Crippen LogP contribution in [0.5, 0.6) is 0 Å². The van der Waals surface area contributed by atoms with Crippen molar-refractivity contribution in [2.24, 2.45) is 11.8 Å². The normalized spacial score (nSPS) is 26.2. The van der Waals surface area contributed by atoms with Crippen molar-refractivity contribution in [1.82, 2.24) is 0 Å². The molecule has 0 amide bonds. The average Bonchev–Trinajstić information content (AvgIpc) is 2.46. The van der Waals surface area contributed by atoms with Gasteiger partial charge in [-0.25, -0.2) is 8.42 Å². The molecule has 1 saturated carbocycles. The van der Waals surface area contributed by atoms with E-state index < -0.39 is 15.1 Å². The molecule has 0 N–H and O–H groups in total. The van der Waals surface area contributed by atoms with Crippen molar-refractivity contribution in [3.63, 3.8) is 0 Å². The first-order valence-corrected chi connectivity index (χ1v) is 9.34. The molecule has 1 fully saturated rings. The maximum Gasteiger partial charge on any atom is 0.158 e.